The lowest BCUT2D eigenvalue weighted by atomic mass is 10.1. The van der Waals surface area contributed by atoms with Crippen molar-refractivity contribution in [1.29, 1.82) is 0 Å². The second kappa shape index (κ2) is 6.33. The number of hydrogen-bond acceptors (Lipinski definition) is 3. The molecule has 0 spiro atoms. The van der Waals surface area contributed by atoms with Gasteiger partial charge < -0.3 is 4.90 Å². The van der Waals surface area contributed by atoms with E-state index >= 15 is 0 Å². The Morgan fingerprint density at radius 1 is 1.53 bits per heavy atom. The number of nitrogens with zero attached hydrogens (tertiary/aromatic N) is 2. The minimum atomic E-state index is 0.161. The summed E-state index contributed by atoms with van der Waals surface area (Å²) in [5.41, 5.74) is 0.952. The Hall–Kier alpha value is -1.16. The first kappa shape index (κ1) is 14.3. The molecular formula is C15H22N2OS. The van der Waals surface area contributed by atoms with Gasteiger partial charge in [-0.25, -0.2) is 4.98 Å². The molecule has 0 saturated heterocycles. The van der Waals surface area contributed by atoms with Crippen molar-refractivity contribution in [2.75, 3.05) is 6.54 Å². The first-order chi connectivity index (χ1) is 9.17. The zero-order chi connectivity index (χ0) is 13.8. The maximum atomic E-state index is 12.7. The summed E-state index contributed by atoms with van der Waals surface area (Å²) in [6, 6.07) is 0.277. The Bertz CT molecular complexity index is 478. The predicted molar refractivity (Wildman–Crippen MR) is 79.7 cm³/mol. The third-order valence-electron chi connectivity index (χ3n) is 3.51. The molecule has 104 valence electrons. The van der Waals surface area contributed by atoms with Gasteiger partial charge in [-0.3, -0.25) is 4.79 Å². The van der Waals surface area contributed by atoms with Crippen LogP contribution in [-0.2, 0) is 6.42 Å². The summed E-state index contributed by atoms with van der Waals surface area (Å²) in [5, 5.41) is 0.984. The highest BCUT2D eigenvalue weighted by Crippen LogP contribution is 2.25. The lowest BCUT2D eigenvalue weighted by Gasteiger charge is -2.24. The number of amides is 1. The van der Waals surface area contributed by atoms with Crippen molar-refractivity contribution in [2.45, 2.75) is 52.5 Å². The number of rotatable bonds is 5. The van der Waals surface area contributed by atoms with Gasteiger partial charge in [0.2, 0.25) is 0 Å². The van der Waals surface area contributed by atoms with Gasteiger partial charge >= 0.3 is 0 Å². The topological polar surface area (TPSA) is 33.2 Å². The zero-order valence-electron chi connectivity index (χ0n) is 12.0. The standard InChI is InChI=1S/C15H22N2OS/c1-4-6-8-12-9-7-10-17(12)15(18)14-13(5-2)16-11(3)19-14/h7,9,12H,4-6,8,10H2,1-3H3/t12-/m1/s1. The van der Waals surface area contributed by atoms with Crippen LogP contribution >= 0.6 is 11.3 Å². The molecule has 1 aromatic rings. The molecule has 0 fully saturated rings. The summed E-state index contributed by atoms with van der Waals surface area (Å²) in [6.07, 6.45) is 8.52. The Balaban J connectivity index is 2.14. The number of unbranched alkanes of at least 4 members (excludes halogenated alkanes) is 1. The highest BCUT2D eigenvalue weighted by atomic mass is 32.1. The van der Waals surface area contributed by atoms with E-state index in [-0.39, 0.29) is 11.9 Å². The van der Waals surface area contributed by atoms with Crippen molar-refractivity contribution in [3.05, 3.63) is 27.7 Å². The van der Waals surface area contributed by atoms with Crippen LogP contribution in [0.15, 0.2) is 12.2 Å². The summed E-state index contributed by atoms with van der Waals surface area (Å²) in [4.78, 5) is 20.0. The Morgan fingerprint density at radius 3 is 3.00 bits per heavy atom. The fourth-order valence-electron chi connectivity index (χ4n) is 2.48. The van der Waals surface area contributed by atoms with Gasteiger partial charge in [-0.1, -0.05) is 38.8 Å². The number of carbonyl (C=O) groups is 1. The molecule has 0 aliphatic carbocycles. The second-order valence-corrected chi connectivity index (χ2v) is 6.16. The number of thiazole rings is 1. The molecule has 2 rings (SSSR count). The number of carbonyl (C=O) groups excluding carboxylic acids is 1. The molecule has 0 saturated carbocycles. The van der Waals surface area contributed by atoms with Crippen molar-refractivity contribution in [3.63, 3.8) is 0 Å². The SMILES string of the molecule is CCCC[C@@H]1C=CCN1C(=O)c1sc(C)nc1CC. The number of hydrogen-bond donors (Lipinski definition) is 0. The molecule has 0 unspecified atom stereocenters. The van der Waals surface area contributed by atoms with Crippen LogP contribution in [0, 0.1) is 6.92 Å². The van der Waals surface area contributed by atoms with Gasteiger partial charge in [0.15, 0.2) is 0 Å². The third-order valence-corrected chi connectivity index (χ3v) is 4.51. The molecule has 1 atom stereocenters. The maximum absolute atomic E-state index is 12.7. The molecule has 0 bridgehead atoms. The van der Waals surface area contributed by atoms with Gasteiger partial charge in [-0.2, -0.15) is 0 Å². The highest BCUT2D eigenvalue weighted by Gasteiger charge is 2.28. The van der Waals surface area contributed by atoms with Crippen LogP contribution in [0.1, 0.15) is 53.5 Å². The quantitative estimate of drug-likeness (QED) is 0.771. The summed E-state index contributed by atoms with van der Waals surface area (Å²) in [5.74, 6) is 0.161. The minimum Gasteiger partial charge on any atom is -0.328 e. The highest BCUT2D eigenvalue weighted by molar-refractivity contribution is 7.13. The molecule has 0 radical (unpaired) electrons. The summed E-state index contributed by atoms with van der Waals surface area (Å²) in [6.45, 7) is 6.96. The monoisotopic (exact) mass is 278 g/mol. The minimum absolute atomic E-state index is 0.161. The summed E-state index contributed by atoms with van der Waals surface area (Å²) < 4.78 is 0. The van der Waals surface area contributed by atoms with Crippen molar-refractivity contribution in [2.24, 2.45) is 0 Å². The van der Waals surface area contributed by atoms with Gasteiger partial charge in [-0.15, -0.1) is 11.3 Å². The summed E-state index contributed by atoms with van der Waals surface area (Å²) in [7, 11) is 0. The van der Waals surface area contributed by atoms with E-state index in [9.17, 15) is 4.79 Å². The first-order valence-electron chi connectivity index (χ1n) is 7.11. The molecular weight excluding hydrogens is 256 g/mol. The van der Waals surface area contributed by atoms with Gasteiger partial charge in [0, 0.05) is 6.54 Å². The van der Waals surface area contributed by atoms with Crippen LogP contribution < -0.4 is 0 Å². The number of aromatic nitrogens is 1. The van der Waals surface area contributed by atoms with E-state index in [0.717, 1.165) is 35.0 Å². The van der Waals surface area contributed by atoms with Crippen molar-refractivity contribution in [3.8, 4) is 0 Å². The van der Waals surface area contributed by atoms with Crippen LogP contribution in [0.2, 0.25) is 0 Å². The van der Waals surface area contributed by atoms with E-state index in [1.54, 1.807) is 0 Å². The molecule has 1 aliphatic rings. The van der Waals surface area contributed by atoms with E-state index < -0.39 is 0 Å². The molecule has 2 heterocycles. The largest absolute Gasteiger partial charge is 0.328 e. The van der Waals surface area contributed by atoms with Gasteiger partial charge in [0.25, 0.3) is 5.91 Å². The molecule has 0 N–H and O–H groups in total. The maximum Gasteiger partial charge on any atom is 0.266 e. The van der Waals surface area contributed by atoms with E-state index in [4.69, 9.17) is 0 Å². The second-order valence-electron chi connectivity index (χ2n) is 4.96. The average molecular weight is 278 g/mol. The molecule has 1 aliphatic heterocycles. The lowest BCUT2D eigenvalue weighted by molar-refractivity contribution is 0.0747. The zero-order valence-corrected chi connectivity index (χ0v) is 12.8. The van der Waals surface area contributed by atoms with Gasteiger partial charge in [0.05, 0.1) is 16.7 Å². The molecule has 19 heavy (non-hydrogen) atoms. The average Bonchev–Trinajstić information content (AvgIpc) is 3.01. The third kappa shape index (κ3) is 3.06. The molecule has 1 amide bonds. The normalized spacial score (nSPS) is 18.3. The molecule has 0 aromatic carbocycles. The first-order valence-corrected chi connectivity index (χ1v) is 7.93. The van der Waals surface area contributed by atoms with E-state index in [2.05, 4.69) is 31.0 Å². The van der Waals surface area contributed by atoms with Crippen molar-refractivity contribution < 1.29 is 4.79 Å². The smallest absolute Gasteiger partial charge is 0.266 e. The van der Waals surface area contributed by atoms with E-state index in [1.807, 2.05) is 11.8 Å². The van der Waals surface area contributed by atoms with Crippen LogP contribution in [0.3, 0.4) is 0 Å². The summed E-state index contributed by atoms with van der Waals surface area (Å²) >= 11 is 1.53. The Kier molecular flexibility index (Phi) is 4.75. The van der Waals surface area contributed by atoms with Crippen molar-refractivity contribution >= 4 is 17.2 Å². The molecule has 3 nitrogen and oxygen atoms in total. The van der Waals surface area contributed by atoms with Gasteiger partial charge in [-0.05, 0) is 19.8 Å². The fourth-order valence-corrected chi connectivity index (χ4v) is 3.44. The Morgan fingerprint density at radius 2 is 2.32 bits per heavy atom. The molecule has 1 aromatic heterocycles. The number of aryl methyl sites for hydroxylation is 2. The van der Waals surface area contributed by atoms with Crippen LogP contribution in [0.25, 0.3) is 0 Å². The van der Waals surface area contributed by atoms with Crippen molar-refractivity contribution in [1.82, 2.24) is 9.88 Å². The van der Waals surface area contributed by atoms with Crippen LogP contribution in [0.4, 0.5) is 0 Å². The van der Waals surface area contributed by atoms with E-state index in [1.165, 1.54) is 24.2 Å². The van der Waals surface area contributed by atoms with Crippen LogP contribution in [-0.4, -0.2) is 28.4 Å². The van der Waals surface area contributed by atoms with Gasteiger partial charge in [0.1, 0.15) is 4.88 Å². The predicted octanol–water partition coefficient (Wildman–Crippen LogP) is 3.58. The fraction of sp³-hybridized carbons (Fsp3) is 0.600. The van der Waals surface area contributed by atoms with Crippen LogP contribution in [0.5, 0.6) is 0 Å². The Labute approximate surface area is 119 Å². The molecule has 4 heteroatoms. The lowest BCUT2D eigenvalue weighted by Crippen LogP contribution is -2.36. The van der Waals surface area contributed by atoms with E-state index in [0.29, 0.717) is 0 Å².